The van der Waals surface area contributed by atoms with Gasteiger partial charge in [0.05, 0.1) is 39.3 Å². The zero-order chi connectivity index (χ0) is 40.3. The second kappa shape index (κ2) is 19.9. The third-order valence-corrected chi connectivity index (χ3v) is 11.5. The van der Waals surface area contributed by atoms with E-state index in [0.717, 1.165) is 68.4 Å². The Morgan fingerprint density at radius 2 is 1.39 bits per heavy atom. The molecule has 0 radical (unpaired) electrons. The van der Waals surface area contributed by atoms with Gasteiger partial charge in [-0.1, -0.05) is 61.0 Å². The van der Waals surface area contributed by atoms with Gasteiger partial charge in [0.15, 0.2) is 0 Å². The first kappa shape index (κ1) is 41.5. The Labute approximate surface area is 345 Å². The summed E-state index contributed by atoms with van der Waals surface area (Å²) in [6.07, 6.45) is 8.87. The summed E-state index contributed by atoms with van der Waals surface area (Å²) < 4.78 is 12.4. The van der Waals surface area contributed by atoms with E-state index in [-0.39, 0.29) is 36.0 Å². The number of halogens is 2. The predicted octanol–water partition coefficient (Wildman–Crippen LogP) is 10.4. The minimum absolute atomic E-state index is 0.0421. The number of nitrogens with one attached hydrogen (secondary N) is 2. The van der Waals surface area contributed by atoms with Crippen molar-refractivity contribution >= 4 is 35.0 Å². The number of hydrogen-bond donors (Lipinski definition) is 2. The van der Waals surface area contributed by atoms with Crippen molar-refractivity contribution in [3.63, 3.8) is 0 Å². The highest BCUT2D eigenvalue weighted by Crippen LogP contribution is 2.31. The van der Waals surface area contributed by atoms with Crippen LogP contribution >= 0.6 is 23.2 Å². The summed E-state index contributed by atoms with van der Waals surface area (Å²) in [6.45, 7) is 7.43. The number of ether oxygens (including phenoxy) is 2. The summed E-state index contributed by atoms with van der Waals surface area (Å²) in [5.74, 6) is 2.09. The van der Waals surface area contributed by atoms with Crippen molar-refractivity contribution in [3.05, 3.63) is 127 Å². The Bertz CT molecular complexity index is 2110. The first-order valence-electron chi connectivity index (χ1n) is 19.9. The molecule has 2 amide bonds. The average molecular weight is 808 g/mol. The van der Waals surface area contributed by atoms with Crippen LogP contribution in [0.25, 0.3) is 4.85 Å². The van der Waals surface area contributed by atoms with E-state index in [9.17, 15) is 9.59 Å². The quantitative estimate of drug-likeness (QED) is 0.147. The molecule has 6 rings (SSSR count). The van der Waals surface area contributed by atoms with Gasteiger partial charge < -0.3 is 20.1 Å². The number of benzene rings is 3. The van der Waals surface area contributed by atoms with Crippen LogP contribution in [0.5, 0.6) is 11.5 Å². The topological polar surface area (TPSA) is 118 Å². The summed E-state index contributed by atoms with van der Waals surface area (Å²) >= 11 is 12.8. The Kier molecular flexibility index (Phi) is 14.5. The summed E-state index contributed by atoms with van der Waals surface area (Å²) in [7, 11) is 0. The fraction of sp³-hybridized carbons (Fsp3) is 0.413. The van der Waals surface area contributed by atoms with Gasteiger partial charge in [-0.3, -0.25) is 14.6 Å². The van der Waals surface area contributed by atoms with Crippen LogP contribution in [0.3, 0.4) is 0 Å². The molecule has 1 unspecified atom stereocenters. The van der Waals surface area contributed by atoms with Gasteiger partial charge in [-0.15, -0.1) is 0 Å². The fourth-order valence-electron chi connectivity index (χ4n) is 7.31. The van der Waals surface area contributed by atoms with Crippen molar-refractivity contribution in [1.29, 1.82) is 5.26 Å². The van der Waals surface area contributed by atoms with Gasteiger partial charge in [0, 0.05) is 42.2 Å². The number of pyridine rings is 1. The predicted molar refractivity (Wildman–Crippen MR) is 225 cm³/mol. The molecule has 1 atom stereocenters. The highest BCUT2D eigenvalue weighted by atomic mass is 35.5. The Morgan fingerprint density at radius 1 is 0.789 bits per heavy atom. The van der Waals surface area contributed by atoms with Crippen molar-refractivity contribution in [2.24, 2.45) is 5.92 Å². The minimum atomic E-state index is -0.0821. The van der Waals surface area contributed by atoms with Gasteiger partial charge in [0.2, 0.25) is 0 Å². The molecule has 0 bridgehead atoms. The second-order valence-electron chi connectivity index (χ2n) is 15.5. The van der Waals surface area contributed by atoms with E-state index in [1.54, 1.807) is 24.4 Å². The highest BCUT2D eigenvalue weighted by molar-refractivity contribution is 6.32. The summed E-state index contributed by atoms with van der Waals surface area (Å²) in [5.41, 5.74) is 4.41. The number of carbonyl (C=O) groups excluding carboxylic acids is 2. The lowest BCUT2D eigenvalue weighted by Crippen LogP contribution is -2.39. The van der Waals surface area contributed by atoms with E-state index in [4.69, 9.17) is 37.9 Å². The van der Waals surface area contributed by atoms with Crippen LogP contribution in [0.2, 0.25) is 10.0 Å². The van der Waals surface area contributed by atoms with Gasteiger partial charge in [0.1, 0.15) is 23.1 Å². The third kappa shape index (κ3) is 11.7. The number of aromatic nitrogens is 1. The molecule has 1 heterocycles. The molecule has 0 saturated heterocycles. The maximum atomic E-state index is 13.0. The van der Waals surface area contributed by atoms with Gasteiger partial charge in [-0.05, 0) is 117 Å². The zero-order valence-corrected chi connectivity index (χ0v) is 34.3. The van der Waals surface area contributed by atoms with Crippen LogP contribution in [0.1, 0.15) is 127 Å². The first-order valence-corrected chi connectivity index (χ1v) is 20.7. The SMILES string of the molecule is CC(C)c1ccc(C(=O)NCC2CCC(Oc3ccc(C#[N+]CC(C)c4ccc(C(=O)NC5CCC(Oc6ccc(C#N)c(Cl)c6)CC5)cc4)c(Cl)c3)CC2)cn1. The Balaban J connectivity index is 0.892. The standard InChI is InChI=1S/C46H49Cl2N5O4/c1-29(2)44-21-12-36(28-51-44)45(54)52-26-31-4-15-38(16-5-31)56-41-18-11-35(43(48)23-41)27-50-25-30(3)32-6-8-33(9-7-32)46(55)53-37-13-19-39(20-14-37)57-40-17-10-34(24-49)42(47)22-40/h6-12,17-18,21-23,28-31,37-39H,4-5,13-16,19-20,25-26H2,1-3H3,(H-,52,53,54,55)/p+1. The number of nitriles is 1. The molecule has 11 heteroatoms. The molecule has 0 aliphatic heterocycles. The van der Waals surface area contributed by atoms with Crippen molar-refractivity contribution in [1.82, 2.24) is 15.6 Å². The zero-order valence-electron chi connectivity index (χ0n) is 32.8. The molecule has 9 nitrogen and oxygen atoms in total. The Hall–Kier alpha value is -5.09. The Morgan fingerprint density at radius 3 is 1.95 bits per heavy atom. The fourth-order valence-corrected chi connectivity index (χ4v) is 7.73. The lowest BCUT2D eigenvalue weighted by molar-refractivity contribution is 0.0892. The monoisotopic (exact) mass is 806 g/mol. The highest BCUT2D eigenvalue weighted by Gasteiger charge is 2.26. The number of carbonyl (C=O) groups is 2. The normalized spacial score (nSPS) is 19.7. The number of nitrogens with zero attached hydrogens (tertiary/aromatic N) is 3. The van der Waals surface area contributed by atoms with Gasteiger partial charge in [0.25, 0.3) is 18.4 Å². The van der Waals surface area contributed by atoms with Gasteiger partial charge >= 0.3 is 6.07 Å². The number of hydrogen-bond acceptors (Lipinski definition) is 6. The minimum Gasteiger partial charge on any atom is -0.490 e. The molecule has 296 valence electrons. The summed E-state index contributed by atoms with van der Waals surface area (Å²) in [6, 6.07) is 27.4. The molecular formula is C46H50Cl2N5O4+. The van der Waals surface area contributed by atoms with Crippen LogP contribution in [0.4, 0.5) is 0 Å². The average Bonchev–Trinajstić information content (AvgIpc) is 3.22. The van der Waals surface area contributed by atoms with E-state index >= 15 is 0 Å². The van der Waals surface area contributed by atoms with E-state index < -0.39 is 0 Å². The second-order valence-corrected chi connectivity index (χ2v) is 16.3. The molecular weight excluding hydrogens is 757 g/mol. The number of amides is 2. The third-order valence-electron chi connectivity index (χ3n) is 10.9. The van der Waals surface area contributed by atoms with Crippen LogP contribution in [-0.4, -0.2) is 48.1 Å². The summed E-state index contributed by atoms with van der Waals surface area (Å²) in [5, 5.41) is 16.3. The largest absolute Gasteiger partial charge is 0.490 e. The van der Waals surface area contributed by atoms with Crippen molar-refractivity contribution in [2.75, 3.05) is 13.1 Å². The van der Waals surface area contributed by atoms with Gasteiger partial charge in [-0.2, -0.15) is 5.26 Å². The molecule has 2 saturated carbocycles. The van der Waals surface area contributed by atoms with Crippen LogP contribution < -0.4 is 20.1 Å². The molecule has 57 heavy (non-hydrogen) atoms. The van der Waals surface area contributed by atoms with E-state index in [0.29, 0.717) is 63.0 Å². The maximum absolute atomic E-state index is 13.0. The molecule has 2 N–H and O–H groups in total. The smallest absolute Gasteiger partial charge is 0.312 e. The lowest BCUT2D eigenvalue weighted by Gasteiger charge is -2.29. The van der Waals surface area contributed by atoms with E-state index in [2.05, 4.69) is 53.4 Å². The van der Waals surface area contributed by atoms with Crippen LogP contribution in [0.15, 0.2) is 79.0 Å². The number of rotatable bonds is 12. The van der Waals surface area contributed by atoms with Gasteiger partial charge in [-0.25, -0.2) is 0 Å². The molecule has 1 aromatic heterocycles. The van der Waals surface area contributed by atoms with Crippen molar-refractivity contribution in [3.8, 4) is 23.6 Å². The summed E-state index contributed by atoms with van der Waals surface area (Å²) in [4.78, 5) is 34.6. The molecule has 2 aliphatic rings. The van der Waals surface area contributed by atoms with Crippen molar-refractivity contribution < 1.29 is 19.1 Å². The molecule has 2 fully saturated rings. The first-order chi connectivity index (χ1) is 27.5. The van der Waals surface area contributed by atoms with Crippen LogP contribution in [0, 0.1) is 23.3 Å². The molecule has 2 aliphatic carbocycles. The van der Waals surface area contributed by atoms with Crippen LogP contribution in [-0.2, 0) is 0 Å². The molecule has 0 spiro atoms. The molecule has 3 aromatic carbocycles. The molecule has 4 aromatic rings. The van der Waals surface area contributed by atoms with E-state index in [1.165, 1.54) is 0 Å². The lowest BCUT2D eigenvalue weighted by atomic mass is 9.87. The van der Waals surface area contributed by atoms with E-state index in [1.807, 2.05) is 54.6 Å². The van der Waals surface area contributed by atoms with Crippen molar-refractivity contribution in [2.45, 2.75) is 102 Å². The maximum Gasteiger partial charge on any atom is 0.312 e.